The highest BCUT2D eigenvalue weighted by molar-refractivity contribution is 5.83. The molecular formula is C27H26F2N2O4. The van der Waals surface area contributed by atoms with Crippen LogP contribution >= 0.6 is 0 Å². The first kappa shape index (κ1) is 25.7. The average molecular weight is 481 g/mol. The molecular weight excluding hydrogens is 454 g/mol. The lowest BCUT2D eigenvalue weighted by atomic mass is 10.1. The predicted molar refractivity (Wildman–Crippen MR) is 129 cm³/mol. The first-order valence-electron chi connectivity index (χ1n) is 10.9. The summed E-state index contributed by atoms with van der Waals surface area (Å²) in [4.78, 5) is 30.9. The number of esters is 2. The highest BCUT2D eigenvalue weighted by atomic mass is 19.1. The van der Waals surface area contributed by atoms with Crippen LogP contribution in [-0.2, 0) is 31.9 Å². The van der Waals surface area contributed by atoms with Gasteiger partial charge in [0.25, 0.3) is 0 Å². The van der Waals surface area contributed by atoms with E-state index in [1.54, 1.807) is 81.7 Å². The molecule has 0 spiro atoms. The lowest BCUT2D eigenvalue weighted by Crippen LogP contribution is -2.25. The number of halogens is 2. The van der Waals surface area contributed by atoms with E-state index in [9.17, 15) is 18.4 Å². The molecule has 2 aromatic heterocycles. The van der Waals surface area contributed by atoms with Crippen molar-refractivity contribution in [2.75, 3.05) is 7.11 Å². The Hall–Kier alpha value is -3.94. The quantitative estimate of drug-likeness (QED) is 0.367. The molecule has 0 bridgehead atoms. The summed E-state index contributed by atoms with van der Waals surface area (Å²) in [5, 5.41) is 0.840. The number of carbonyl (C=O) groups excluding carboxylic acids is 2. The lowest BCUT2D eigenvalue weighted by Gasteiger charge is -2.19. The van der Waals surface area contributed by atoms with Crippen LogP contribution in [0.25, 0.3) is 21.8 Å². The fraction of sp³-hybridized carbons (Fsp3) is 0.259. The monoisotopic (exact) mass is 480 g/mol. The van der Waals surface area contributed by atoms with Gasteiger partial charge in [0.05, 0.1) is 31.0 Å². The molecule has 4 aromatic rings. The normalized spacial score (nSPS) is 11.0. The predicted octanol–water partition coefficient (Wildman–Crippen LogP) is 5.35. The van der Waals surface area contributed by atoms with Crippen LogP contribution in [0, 0.1) is 11.6 Å². The van der Waals surface area contributed by atoms with Crippen LogP contribution in [-0.4, -0.2) is 34.6 Å². The molecule has 2 aromatic carbocycles. The minimum Gasteiger partial charge on any atom is -0.469 e. The molecule has 0 saturated heterocycles. The third kappa shape index (κ3) is 6.79. The summed E-state index contributed by atoms with van der Waals surface area (Å²) in [7, 11) is 1.28. The molecule has 0 fully saturated rings. The Bertz CT molecular complexity index is 1370. The van der Waals surface area contributed by atoms with Crippen molar-refractivity contribution in [1.29, 1.82) is 0 Å². The van der Waals surface area contributed by atoms with E-state index in [0.29, 0.717) is 32.9 Å². The number of methoxy groups -OCH3 is 1. The number of aromatic nitrogens is 2. The molecule has 2 heterocycles. The van der Waals surface area contributed by atoms with Crippen molar-refractivity contribution in [2.24, 2.45) is 0 Å². The van der Waals surface area contributed by atoms with Gasteiger partial charge in [0, 0.05) is 23.2 Å². The zero-order chi connectivity index (χ0) is 25.6. The summed E-state index contributed by atoms with van der Waals surface area (Å²) >= 11 is 0. The van der Waals surface area contributed by atoms with Gasteiger partial charge in [-0.2, -0.15) is 0 Å². The van der Waals surface area contributed by atoms with E-state index in [0.717, 1.165) is 0 Å². The van der Waals surface area contributed by atoms with Crippen LogP contribution in [0.1, 0.15) is 31.9 Å². The minimum atomic E-state index is -0.564. The van der Waals surface area contributed by atoms with E-state index < -0.39 is 29.2 Å². The number of carbonyl (C=O) groups is 2. The molecule has 0 atom stereocenters. The van der Waals surface area contributed by atoms with Crippen LogP contribution in [0.4, 0.5) is 8.78 Å². The molecule has 182 valence electrons. The number of hydrogen-bond donors (Lipinski definition) is 0. The Labute approximate surface area is 201 Å². The van der Waals surface area contributed by atoms with Crippen LogP contribution < -0.4 is 0 Å². The van der Waals surface area contributed by atoms with Crippen molar-refractivity contribution < 1.29 is 27.8 Å². The number of rotatable bonds is 4. The SMILES string of the molecule is CC(C)(C)OC(=O)Cc1ccc2ncccc2c1F.COC(=O)Cc1ccc2ncccc2c1F. The van der Waals surface area contributed by atoms with Crippen molar-refractivity contribution in [3.63, 3.8) is 0 Å². The van der Waals surface area contributed by atoms with Gasteiger partial charge in [0.1, 0.15) is 17.2 Å². The van der Waals surface area contributed by atoms with Gasteiger partial charge >= 0.3 is 11.9 Å². The highest BCUT2D eigenvalue weighted by Gasteiger charge is 2.18. The molecule has 35 heavy (non-hydrogen) atoms. The van der Waals surface area contributed by atoms with E-state index in [1.165, 1.54) is 7.11 Å². The number of hydrogen-bond acceptors (Lipinski definition) is 6. The molecule has 0 amide bonds. The van der Waals surface area contributed by atoms with Crippen LogP contribution in [0.5, 0.6) is 0 Å². The molecule has 0 saturated carbocycles. The summed E-state index contributed by atoms with van der Waals surface area (Å²) in [5.74, 6) is -1.70. The van der Waals surface area contributed by atoms with Gasteiger partial charge in [0.15, 0.2) is 0 Å². The molecule has 0 aliphatic carbocycles. The minimum absolute atomic E-state index is 0.0623. The molecule has 0 aliphatic heterocycles. The molecule has 0 unspecified atom stereocenters. The maximum absolute atomic E-state index is 14.2. The van der Waals surface area contributed by atoms with Crippen LogP contribution in [0.15, 0.2) is 60.9 Å². The van der Waals surface area contributed by atoms with Crippen molar-refractivity contribution in [2.45, 2.75) is 39.2 Å². The topological polar surface area (TPSA) is 78.4 Å². The molecule has 8 heteroatoms. The van der Waals surface area contributed by atoms with Gasteiger partial charge in [-0.05, 0) is 68.3 Å². The summed E-state index contributed by atoms with van der Waals surface area (Å²) in [6, 6.07) is 13.1. The van der Waals surface area contributed by atoms with Crippen molar-refractivity contribution >= 4 is 33.7 Å². The van der Waals surface area contributed by atoms with Gasteiger partial charge in [-0.15, -0.1) is 0 Å². The van der Waals surface area contributed by atoms with E-state index in [1.807, 2.05) is 0 Å². The van der Waals surface area contributed by atoms with Gasteiger partial charge < -0.3 is 9.47 Å². The third-order valence-corrected chi connectivity index (χ3v) is 4.92. The Kier molecular flexibility index (Phi) is 8.06. The maximum Gasteiger partial charge on any atom is 0.310 e. The maximum atomic E-state index is 14.2. The van der Waals surface area contributed by atoms with Crippen molar-refractivity contribution in [3.8, 4) is 0 Å². The second-order valence-electron chi connectivity index (χ2n) is 8.73. The van der Waals surface area contributed by atoms with E-state index >= 15 is 0 Å². The Morgan fingerprint density at radius 1 is 0.771 bits per heavy atom. The summed E-state index contributed by atoms with van der Waals surface area (Å²) < 4.78 is 37.8. The molecule has 6 nitrogen and oxygen atoms in total. The average Bonchev–Trinajstić information content (AvgIpc) is 2.82. The molecule has 0 radical (unpaired) electrons. The number of fused-ring (bicyclic) bond motifs is 2. The van der Waals surface area contributed by atoms with E-state index in [-0.39, 0.29) is 12.8 Å². The Balaban J connectivity index is 0.000000198. The second-order valence-corrected chi connectivity index (χ2v) is 8.73. The number of nitrogens with zero attached hydrogens (tertiary/aromatic N) is 2. The zero-order valence-corrected chi connectivity index (χ0v) is 20.0. The van der Waals surface area contributed by atoms with Crippen LogP contribution in [0.2, 0.25) is 0 Å². The largest absolute Gasteiger partial charge is 0.469 e. The van der Waals surface area contributed by atoms with Gasteiger partial charge in [0.2, 0.25) is 0 Å². The Morgan fingerprint density at radius 3 is 1.66 bits per heavy atom. The fourth-order valence-electron chi connectivity index (χ4n) is 3.36. The third-order valence-electron chi connectivity index (χ3n) is 4.92. The lowest BCUT2D eigenvalue weighted by molar-refractivity contribution is -0.154. The number of pyridine rings is 2. The summed E-state index contributed by atoms with van der Waals surface area (Å²) in [6.45, 7) is 5.35. The number of benzene rings is 2. The van der Waals surface area contributed by atoms with E-state index in [2.05, 4.69) is 14.7 Å². The fourth-order valence-corrected chi connectivity index (χ4v) is 3.36. The number of ether oxygens (including phenoxy) is 2. The summed E-state index contributed by atoms with van der Waals surface area (Å²) in [5.41, 5.74) is 1.25. The van der Waals surface area contributed by atoms with Gasteiger partial charge in [-0.1, -0.05) is 12.1 Å². The first-order chi connectivity index (χ1) is 16.6. The van der Waals surface area contributed by atoms with Crippen molar-refractivity contribution in [3.05, 3.63) is 83.7 Å². The standard InChI is InChI=1S/C15H16FNO2.C12H10FNO2/c1-15(2,3)19-13(18)9-10-6-7-12-11(14(10)16)5-4-8-17-12;1-16-11(15)7-8-4-5-10-9(12(8)13)3-2-6-14-10/h4-8H,9H2,1-3H3;2-6H,7H2,1H3. The first-order valence-corrected chi connectivity index (χ1v) is 10.9. The second kappa shape index (κ2) is 11.0. The zero-order valence-electron chi connectivity index (χ0n) is 20.0. The van der Waals surface area contributed by atoms with Crippen LogP contribution in [0.3, 0.4) is 0 Å². The van der Waals surface area contributed by atoms with Crippen molar-refractivity contribution in [1.82, 2.24) is 9.97 Å². The smallest absolute Gasteiger partial charge is 0.310 e. The molecule has 0 aliphatic rings. The molecule has 0 N–H and O–H groups in total. The van der Waals surface area contributed by atoms with E-state index in [4.69, 9.17) is 4.74 Å². The van der Waals surface area contributed by atoms with Gasteiger partial charge in [-0.3, -0.25) is 19.6 Å². The Morgan fingerprint density at radius 2 is 1.23 bits per heavy atom. The molecule has 4 rings (SSSR count). The van der Waals surface area contributed by atoms with Gasteiger partial charge in [-0.25, -0.2) is 8.78 Å². The highest BCUT2D eigenvalue weighted by Crippen LogP contribution is 2.21. The summed E-state index contributed by atoms with van der Waals surface area (Å²) in [6.07, 6.45) is 3.07.